The van der Waals surface area contributed by atoms with Crippen molar-refractivity contribution in [1.29, 1.82) is 0 Å². The lowest BCUT2D eigenvalue weighted by atomic mass is 9.81. The molecular weight excluding hydrogens is 448 g/mol. The number of likely N-dealkylation sites (N-methyl/N-ethyl adjacent to an activating group) is 1. The second-order valence-electron chi connectivity index (χ2n) is 8.24. The SMILES string of the molecule is CCC(NC(=O)N1C(=O)[C@H](Cc2ccnc(N)c2)[C@H]1C(=O)N(C)c1ccncc1)c1cncnc1. The highest BCUT2D eigenvalue weighted by Crippen LogP contribution is 2.33. The number of carbonyl (C=O) groups excluding carboxylic acids is 3. The van der Waals surface area contributed by atoms with E-state index in [1.807, 2.05) is 6.92 Å². The van der Waals surface area contributed by atoms with Crippen LogP contribution in [0.25, 0.3) is 0 Å². The van der Waals surface area contributed by atoms with Gasteiger partial charge in [-0.2, -0.15) is 0 Å². The summed E-state index contributed by atoms with van der Waals surface area (Å²) < 4.78 is 0. The fourth-order valence-electron chi connectivity index (χ4n) is 4.16. The van der Waals surface area contributed by atoms with Crippen LogP contribution in [0.5, 0.6) is 0 Å². The maximum atomic E-state index is 13.6. The number of likely N-dealkylation sites (tertiary alicyclic amines) is 1. The number of amides is 4. The molecule has 4 rings (SSSR count). The van der Waals surface area contributed by atoms with Gasteiger partial charge in [-0.1, -0.05) is 6.92 Å². The first-order chi connectivity index (χ1) is 16.9. The number of carbonyl (C=O) groups is 3. The van der Waals surface area contributed by atoms with Gasteiger partial charge < -0.3 is 16.0 Å². The number of β-lactam (4-membered cyclic amide) rings is 1. The summed E-state index contributed by atoms with van der Waals surface area (Å²) in [5.74, 6) is -1.22. The summed E-state index contributed by atoms with van der Waals surface area (Å²) in [4.78, 5) is 58.4. The summed E-state index contributed by atoms with van der Waals surface area (Å²) in [6, 6.07) is 4.73. The number of aromatic nitrogens is 4. The number of nitrogens with one attached hydrogen (secondary N) is 1. The van der Waals surface area contributed by atoms with Gasteiger partial charge in [-0.25, -0.2) is 19.7 Å². The number of nitrogen functional groups attached to an aromatic ring is 1. The topological polar surface area (TPSA) is 147 Å². The highest BCUT2D eigenvalue weighted by molar-refractivity contribution is 6.12. The van der Waals surface area contributed by atoms with Gasteiger partial charge in [0.25, 0.3) is 5.91 Å². The highest BCUT2D eigenvalue weighted by atomic mass is 16.2. The molecule has 4 amide bonds. The second kappa shape index (κ2) is 10.2. The fourth-order valence-corrected chi connectivity index (χ4v) is 4.16. The minimum atomic E-state index is -0.986. The average Bonchev–Trinajstić information content (AvgIpc) is 2.89. The van der Waals surface area contributed by atoms with Crippen LogP contribution in [0, 0.1) is 5.92 Å². The Kier molecular flexibility index (Phi) is 6.95. The molecule has 1 aliphatic rings. The number of hydrogen-bond donors (Lipinski definition) is 2. The predicted molar refractivity (Wildman–Crippen MR) is 128 cm³/mol. The third-order valence-electron chi connectivity index (χ3n) is 6.06. The van der Waals surface area contributed by atoms with Crippen molar-refractivity contribution in [2.45, 2.75) is 31.8 Å². The van der Waals surface area contributed by atoms with Gasteiger partial charge in [0.1, 0.15) is 18.2 Å². The molecule has 0 bridgehead atoms. The largest absolute Gasteiger partial charge is 0.384 e. The molecule has 3 N–H and O–H groups in total. The minimum absolute atomic E-state index is 0.250. The monoisotopic (exact) mass is 474 g/mol. The van der Waals surface area contributed by atoms with Crippen molar-refractivity contribution < 1.29 is 14.4 Å². The van der Waals surface area contributed by atoms with Crippen molar-refractivity contribution in [3.63, 3.8) is 0 Å². The smallest absolute Gasteiger partial charge is 0.325 e. The molecule has 180 valence electrons. The number of pyridine rings is 2. The summed E-state index contributed by atoms with van der Waals surface area (Å²) in [5, 5.41) is 2.85. The van der Waals surface area contributed by atoms with Crippen molar-refractivity contribution in [2.24, 2.45) is 5.92 Å². The molecule has 1 unspecified atom stereocenters. The number of urea groups is 1. The summed E-state index contributed by atoms with van der Waals surface area (Å²) in [5.41, 5.74) is 7.85. The van der Waals surface area contributed by atoms with E-state index >= 15 is 0 Å². The van der Waals surface area contributed by atoms with Crippen LogP contribution in [-0.4, -0.2) is 55.8 Å². The molecule has 1 fully saturated rings. The maximum Gasteiger partial charge on any atom is 0.325 e. The van der Waals surface area contributed by atoms with Gasteiger partial charge in [0.15, 0.2) is 0 Å². The molecule has 0 spiro atoms. The van der Waals surface area contributed by atoms with E-state index in [1.165, 1.54) is 11.2 Å². The minimum Gasteiger partial charge on any atom is -0.384 e. The Morgan fingerprint density at radius 2 is 1.86 bits per heavy atom. The Labute approximate surface area is 202 Å². The molecule has 0 aromatic carbocycles. The first-order valence-electron chi connectivity index (χ1n) is 11.2. The number of nitrogens with zero attached hydrogens (tertiary/aromatic N) is 6. The average molecular weight is 475 g/mol. The molecule has 3 aromatic heterocycles. The molecule has 0 aliphatic carbocycles. The normalized spacial score (nSPS) is 17.9. The van der Waals surface area contributed by atoms with E-state index < -0.39 is 29.9 Å². The second-order valence-corrected chi connectivity index (χ2v) is 8.24. The number of rotatable bonds is 7. The Morgan fingerprint density at radius 3 is 2.51 bits per heavy atom. The van der Waals surface area contributed by atoms with E-state index in [2.05, 4.69) is 25.3 Å². The van der Waals surface area contributed by atoms with E-state index in [0.29, 0.717) is 23.5 Å². The van der Waals surface area contributed by atoms with E-state index in [-0.39, 0.29) is 12.3 Å². The Balaban J connectivity index is 1.59. The van der Waals surface area contributed by atoms with Crippen molar-refractivity contribution in [1.82, 2.24) is 30.2 Å². The van der Waals surface area contributed by atoms with Crippen LogP contribution in [-0.2, 0) is 16.0 Å². The van der Waals surface area contributed by atoms with Crippen LogP contribution in [0.15, 0.2) is 61.6 Å². The molecule has 1 aliphatic heterocycles. The van der Waals surface area contributed by atoms with Gasteiger partial charge in [-0.3, -0.25) is 19.5 Å². The number of anilines is 2. The zero-order chi connectivity index (χ0) is 24.9. The summed E-state index contributed by atoms with van der Waals surface area (Å²) in [6.07, 6.45) is 10.1. The van der Waals surface area contributed by atoms with E-state index in [4.69, 9.17) is 5.73 Å². The van der Waals surface area contributed by atoms with E-state index in [1.54, 1.807) is 62.3 Å². The molecule has 4 heterocycles. The van der Waals surface area contributed by atoms with Gasteiger partial charge >= 0.3 is 6.03 Å². The summed E-state index contributed by atoms with van der Waals surface area (Å²) in [7, 11) is 1.61. The van der Waals surface area contributed by atoms with Crippen molar-refractivity contribution in [3.05, 3.63) is 72.7 Å². The quantitative estimate of drug-likeness (QED) is 0.492. The lowest BCUT2D eigenvalue weighted by Crippen LogP contribution is -2.70. The van der Waals surface area contributed by atoms with E-state index in [9.17, 15) is 14.4 Å². The Bertz CT molecular complexity index is 1210. The van der Waals surface area contributed by atoms with Crippen molar-refractivity contribution >= 4 is 29.4 Å². The molecule has 3 aromatic rings. The Morgan fingerprint density at radius 1 is 1.14 bits per heavy atom. The molecule has 0 radical (unpaired) electrons. The molecule has 0 saturated carbocycles. The van der Waals surface area contributed by atoms with Crippen LogP contribution in [0.3, 0.4) is 0 Å². The van der Waals surface area contributed by atoms with E-state index in [0.717, 1.165) is 10.5 Å². The third-order valence-corrected chi connectivity index (χ3v) is 6.06. The number of nitrogens with two attached hydrogens (primary N) is 1. The van der Waals surface area contributed by atoms with Gasteiger partial charge in [-0.15, -0.1) is 0 Å². The highest BCUT2D eigenvalue weighted by Gasteiger charge is 2.55. The molecule has 11 heteroatoms. The number of imide groups is 1. The van der Waals surface area contributed by atoms with Gasteiger partial charge in [0, 0.05) is 49.3 Å². The number of hydrogen-bond acceptors (Lipinski definition) is 8. The Hall–Kier alpha value is -4.41. The van der Waals surface area contributed by atoms with Crippen LogP contribution in [0.4, 0.5) is 16.3 Å². The van der Waals surface area contributed by atoms with Crippen molar-refractivity contribution in [2.75, 3.05) is 17.7 Å². The van der Waals surface area contributed by atoms with Gasteiger partial charge in [0.05, 0.1) is 12.0 Å². The molecule has 1 saturated heterocycles. The molecule has 11 nitrogen and oxygen atoms in total. The zero-order valence-electron chi connectivity index (χ0n) is 19.4. The fraction of sp³-hybridized carbons (Fsp3) is 0.292. The third kappa shape index (κ3) is 4.93. The summed E-state index contributed by atoms with van der Waals surface area (Å²) >= 11 is 0. The maximum absolute atomic E-state index is 13.6. The predicted octanol–water partition coefficient (Wildman–Crippen LogP) is 1.74. The van der Waals surface area contributed by atoms with Gasteiger partial charge in [0.2, 0.25) is 5.91 Å². The molecular formula is C24H26N8O3. The van der Waals surface area contributed by atoms with Crippen LogP contribution < -0.4 is 16.0 Å². The molecule has 35 heavy (non-hydrogen) atoms. The van der Waals surface area contributed by atoms with Gasteiger partial charge in [-0.05, 0) is 42.7 Å². The zero-order valence-corrected chi connectivity index (χ0v) is 19.4. The van der Waals surface area contributed by atoms with Crippen molar-refractivity contribution in [3.8, 4) is 0 Å². The lowest BCUT2D eigenvalue weighted by molar-refractivity contribution is -0.156. The summed E-state index contributed by atoms with van der Waals surface area (Å²) in [6.45, 7) is 1.90. The standard InChI is InChI=1S/C24H26N8O3/c1-3-19(16-12-27-14-28-13-16)30-24(35)32-21(23(34)31(2)17-5-7-26-8-6-17)18(22(32)33)10-15-4-9-29-20(25)11-15/h4-9,11-14,18-19,21H,3,10H2,1-2H3,(H2,25,29)(H,30,35)/t18-,19?,21+/m1/s1. The lowest BCUT2D eigenvalue weighted by Gasteiger charge is -2.46. The van der Waals surface area contributed by atoms with Crippen LogP contribution in [0.2, 0.25) is 0 Å². The van der Waals surface area contributed by atoms with Crippen LogP contribution in [0.1, 0.15) is 30.5 Å². The molecule has 3 atom stereocenters. The first-order valence-corrected chi connectivity index (χ1v) is 11.2. The first kappa shape index (κ1) is 23.7. The van der Waals surface area contributed by atoms with Crippen LogP contribution >= 0.6 is 0 Å².